The van der Waals surface area contributed by atoms with E-state index >= 15 is 0 Å². The summed E-state index contributed by atoms with van der Waals surface area (Å²) in [7, 11) is 0. The van der Waals surface area contributed by atoms with Crippen molar-refractivity contribution in [2.75, 3.05) is 12.3 Å². The Morgan fingerprint density at radius 2 is 2.14 bits per heavy atom. The number of benzene rings is 1. The number of nitrogens with one attached hydrogen (secondary N) is 1. The van der Waals surface area contributed by atoms with Gasteiger partial charge in [-0.05, 0) is 49.2 Å². The molecule has 1 aromatic heterocycles. The fraction of sp³-hybridized carbons (Fsp3) is 0.353. The van der Waals surface area contributed by atoms with Crippen LogP contribution < -0.4 is 5.32 Å². The van der Waals surface area contributed by atoms with Gasteiger partial charge in [-0.2, -0.15) is 0 Å². The maximum Gasteiger partial charge on any atom is 0.0430 e. The zero-order valence-corrected chi connectivity index (χ0v) is 14.0. The van der Waals surface area contributed by atoms with Gasteiger partial charge in [0.1, 0.15) is 0 Å². The molecule has 112 valence electrons. The molecule has 0 aliphatic rings. The highest BCUT2D eigenvalue weighted by molar-refractivity contribution is 7.99. The van der Waals surface area contributed by atoms with E-state index < -0.39 is 0 Å². The number of rotatable bonds is 7. The topological polar surface area (TPSA) is 24.9 Å². The highest BCUT2D eigenvalue weighted by Gasteiger charge is 2.12. The summed E-state index contributed by atoms with van der Waals surface area (Å²) in [5.41, 5.74) is 2.45. The molecule has 0 spiro atoms. The predicted molar refractivity (Wildman–Crippen MR) is 92.2 cm³/mol. The van der Waals surface area contributed by atoms with Crippen LogP contribution >= 0.6 is 23.4 Å². The summed E-state index contributed by atoms with van der Waals surface area (Å²) >= 11 is 7.86. The molecule has 1 unspecified atom stereocenters. The van der Waals surface area contributed by atoms with Crippen LogP contribution in [0.3, 0.4) is 0 Å². The molecule has 1 N–H and O–H groups in total. The first kappa shape index (κ1) is 16.3. The van der Waals surface area contributed by atoms with E-state index in [1.807, 2.05) is 42.4 Å². The minimum absolute atomic E-state index is 0.307. The Morgan fingerprint density at radius 3 is 2.86 bits per heavy atom. The highest BCUT2D eigenvalue weighted by Crippen LogP contribution is 2.26. The molecule has 21 heavy (non-hydrogen) atoms. The first-order valence-electron chi connectivity index (χ1n) is 7.22. The predicted octanol–water partition coefficient (Wildman–Crippen LogP) is 4.88. The Bertz CT molecular complexity index is 574. The van der Waals surface area contributed by atoms with E-state index in [-0.39, 0.29) is 0 Å². The number of nitrogens with zero attached hydrogens (tertiary/aromatic N) is 1. The molecule has 0 radical (unpaired) electrons. The van der Waals surface area contributed by atoms with Crippen molar-refractivity contribution in [3.63, 3.8) is 0 Å². The summed E-state index contributed by atoms with van der Waals surface area (Å²) in [5, 5.41) is 4.39. The lowest BCUT2D eigenvalue weighted by atomic mass is 10.1. The van der Waals surface area contributed by atoms with Crippen LogP contribution in [0.2, 0.25) is 5.02 Å². The average Bonchev–Trinajstić information content (AvgIpc) is 2.47. The molecule has 0 aliphatic carbocycles. The van der Waals surface area contributed by atoms with E-state index in [0.29, 0.717) is 6.04 Å². The van der Waals surface area contributed by atoms with Crippen molar-refractivity contribution in [3.8, 4) is 0 Å². The molecule has 2 nitrogen and oxygen atoms in total. The Morgan fingerprint density at radius 1 is 1.29 bits per heavy atom. The van der Waals surface area contributed by atoms with Gasteiger partial charge >= 0.3 is 0 Å². The van der Waals surface area contributed by atoms with E-state index in [9.17, 15) is 0 Å². The SMILES string of the molecule is CCCNC(CSc1cccc(Cl)c1)c1cncc(C)c1. The first-order chi connectivity index (χ1) is 10.2. The van der Waals surface area contributed by atoms with E-state index in [1.165, 1.54) is 16.0 Å². The second kappa shape index (κ2) is 8.42. The summed E-state index contributed by atoms with van der Waals surface area (Å²) in [6.45, 7) is 5.27. The molecule has 4 heteroatoms. The van der Waals surface area contributed by atoms with Gasteiger partial charge in [0, 0.05) is 34.1 Å². The van der Waals surface area contributed by atoms with Crippen molar-refractivity contribution < 1.29 is 0 Å². The van der Waals surface area contributed by atoms with Crippen LogP contribution in [0, 0.1) is 6.92 Å². The van der Waals surface area contributed by atoms with E-state index in [1.54, 1.807) is 0 Å². The normalized spacial score (nSPS) is 12.3. The van der Waals surface area contributed by atoms with Crippen molar-refractivity contribution in [3.05, 3.63) is 58.9 Å². The van der Waals surface area contributed by atoms with Gasteiger partial charge in [0.15, 0.2) is 0 Å². The molecule has 0 amide bonds. The Hall–Kier alpha value is -1.03. The van der Waals surface area contributed by atoms with E-state index in [2.05, 4.69) is 36.3 Å². The van der Waals surface area contributed by atoms with Crippen molar-refractivity contribution in [2.45, 2.75) is 31.2 Å². The zero-order chi connectivity index (χ0) is 15.1. The van der Waals surface area contributed by atoms with Crippen LogP contribution in [-0.4, -0.2) is 17.3 Å². The van der Waals surface area contributed by atoms with Gasteiger partial charge < -0.3 is 5.32 Å². The summed E-state index contributed by atoms with van der Waals surface area (Å²) in [5.74, 6) is 0.964. The minimum Gasteiger partial charge on any atom is -0.309 e. The Kier molecular flexibility index (Phi) is 6.55. The highest BCUT2D eigenvalue weighted by atomic mass is 35.5. The van der Waals surface area contributed by atoms with Gasteiger partial charge in [0.2, 0.25) is 0 Å². The van der Waals surface area contributed by atoms with E-state index in [4.69, 9.17) is 11.6 Å². The summed E-state index contributed by atoms with van der Waals surface area (Å²) in [4.78, 5) is 5.51. The Balaban J connectivity index is 2.06. The molecule has 1 aromatic carbocycles. The molecule has 0 aliphatic heterocycles. The average molecular weight is 321 g/mol. The number of aromatic nitrogens is 1. The first-order valence-corrected chi connectivity index (χ1v) is 8.58. The quantitative estimate of drug-likeness (QED) is 0.736. The number of hydrogen-bond acceptors (Lipinski definition) is 3. The fourth-order valence-corrected chi connectivity index (χ4v) is 3.41. The largest absolute Gasteiger partial charge is 0.309 e. The molecule has 0 fully saturated rings. The van der Waals surface area contributed by atoms with Gasteiger partial charge in [-0.3, -0.25) is 4.98 Å². The minimum atomic E-state index is 0.307. The van der Waals surface area contributed by atoms with Crippen molar-refractivity contribution >= 4 is 23.4 Å². The number of aryl methyl sites for hydroxylation is 1. The van der Waals surface area contributed by atoms with Gasteiger partial charge in [0.05, 0.1) is 0 Å². The van der Waals surface area contributed by atoms with Gasteiger partial charge in [0.25, 0.3) is 0 Å². The Labute approximate surface area is 136 Å². The summed E-state index contributed by atoms with van der Waals surface area (Å²) in [6.07, 6.45) is 4.97. The molecule has 1 heterocycles. The summed E-state index contributed by atoms with van der Waals surface area (Å²) in [6, 6.07) is 10.5. The fourth-order valence-electron chi connectivity index (χ4n) is 2.10. The molecular weight excluding hydrogens is 300 g/mol. The van der Waals surface area contributed by atoms with Crippen LogP contribution in [-0.2, 0) is 0 Å². The molecule has 2 aromatic rings. The molecule has 2 rings (SSSR count). The summed E-state index contributed by atoms with van der Waals surface area (Å²) < 4.78 is 0. The molecule has 0 bridgehead atoms. The number of pyridine rings is 1. The molecule has 0 saturated heterocycles. The van der Waals surface area contributed by atoms with Crippen LogP contribution in [0.5, 0.6) is 0 Å². The van der Waals surface area contributed by atoms with Gasteiger partial charge in [-0.25, -0.2) is 0 Å². The van der Waals surface area contributed by atoms with Crippen LogP contribution in [0.15, 0.2) is 47.6 Å². The third kappa shape index (κ3) is 5.34. The third-order valence-electron chi connectivity index (χ3n) is 3.15. The van der Waals surface area contributed by atoms with Gasteiger partial charge in [-0.1, -0.05) is 30.7 Å². The monoisotopic (exact) mass is 320 g/mol. The van der Waals surface area contributed by atoms with Crippen molar-refractivity contribution in [1.82, 2.24) is 10.3 Å². The zero-order valence-electron chi connectivity index (χ0n) is 12.5. The lowest BCUT2D eigenvalue weighted by Gasteiger charge is -2.19. The van der Waals surface area contributed by atoms with Crippen molar-refractivity contribution in [1.29, 1.82) is 0 Å². The third-order valence-corrected chi connectivity index (χ3v) is 4.47. The maximum atomic E-state index is 6.04. The van der Waals surface area contributed by atoms with Crippen LogP contribution in [0.25, 0.3) is 0 Å². The standard InChI is InChI=1S/C17H21ClN2S/c1-3-7-20-17(14-8-13(2)10-19-11-14)12-21-16-6-4-5-15(18)9-16/h4-6,8-11,17,20H,3,7,12H2,1-2H3. The molecular formula is C17H21ClN2S. The molecule has 1 atom stereocenters. The number of thioether (sulfide) groups is 1. The smallest absolute Gasteiger partial charge is 0.0430 e. The number of hydrogen-bond donors (Lipinski definition) is 1. The van der Waals surface area contributed by atoms with Crippen LogP contribution in [0.1, 0.15) is 30.5 Å². The van der Waals surface area contributed by atoms with Gasteiger partial charge in [-0.15, -0.1) is 11.8 Å². The maximum absolute atomic E-state index is 6.04. The van der Waals surface area contributed by atoms with Crippen molar-refractivity contribution in [2.24, 2.45) is 0 Å². The van der Waals surface area contributed by atoms with E-state index in [0.717, 1.165) is 23.7 Å². The second-order valence-corrected chi connectivity index (χ2v) is 6.60. The molecule has 0 saturated carbocycles. The lowest BCUT2D eigenvalue weighted by Crippen LogP contribution is -2.24. The number of halogens is 1. The second-order valence-electron chi connectivity index (χ2n) is 5.07. The lowest BCUT2D eigenvalue weighted by molar-refractivity contribution is 0.575. The van der Waals surface area contributed by atoms with Crippen LogP contribution in [0.4, 0.5) is 0 Å².